The van der Waals surface area contributed by atoms with Crippen LogP contribution in [0.5, 0.6) is 0 Å². The summed E-state index contributed by atoms with van der Waals surface area (Å²) >= 11 is 0. The van der Waals surface area contributed by atoms with E-state index in [0.29, 0.717) is 11.7 Å². The van der Waals surface area contributed by atoms with Gasteiger partial charge in [-0.15, -0.1) is 0 Å². The van der Waals surface area contributed by atoms with Crippen molar-refractivity contribution < 1.29 is 4.79 Å². The molecule has 0 aromatic rings. The number of Topliss-reactive ketones (excluding diaryl/α,β-unsaturated/α-hetero) is 1. The van der Waals surface area contributed by atoms with Gasteiger partial charge in [0.2, 0.25) is 0 Å². The molecule has 2 fully saturated rings. The van der Waals surface area contributed by atoms with E-state index in [1.54, 1.807) is 0 Å². The van der Waals surface area contributed by atoms with E-state index in [1.807, 2.05) is 0 Å². The van der Waals surface area contributed by atoms with Gasteiger partial charge in [0.25, 0.3) is 0 Å². The molecule has 0 saturated heterocycles. The van der Waals surface area contributed by atoms with E-state index in [-0.39, 0.29) is 10.8 Å². The van der Waals surface area contributed by atoms with E-state index in [9.17, 15) is 4.79 Å². The lowest BCUT2D eigenvalue weighted by molar-refractivity contribution is -0.125. The molecule has 0 radical (unpaired) electrons. The van der Waals surface area contributed by atoms with Gasteiger partial charge in [0.1, 0.15) is 0 Å². The average Bonchev–Trinajstić information content (AvgIpc) is 2.59. The van der Waals surface area contributed by atoms with Crippen LogP contribution in [0.25, 0.3) is 0 Å². The normalized spacial score (nSPS) is 36.9. The van der Waals surface area contributed by atoms with Crippen molar-refractivity contribution in [3.63, 3.8) is 0 Å². The molecule has 0 amide bonds. The lowest BCUT2D eigenvalue weighted by Gasteiger charge is -2.31. The lowest BCUT2D eigenvalue weighted by Crippen LogP contribution is -2.32. The third kappa shape index (κ3) is 1.49. The average molecular weight is 235 g/mol. The molecular formula is C15H25NO. The minimum atomic E-state index is -0.114. The van der Waals surface area contributed by atoms with Gasteiger partial charge in [0.05, 0.1) is 0 Å². The van der Waals surface area contributed by atoms with Gasteiger partial charge in [-0.25, -0.2) is 0 Å². The highest BCUT2D eigenvalue weighted by Crippen LogP contribution is 2.65. The maximum atomic E-state index is 12.6. The summed E-state index contributed by atoms with van der Waals surface area (Å²) in [5.74, 6) is 0.881. The van der Waals surface area contributed by atoms with Gasteiger partial charge < -0.3 is 4.90 Å². The first-order valence-electron chi connectivity index (χ1n) is 6.89. The monoisotopic (exact) mass is 235 g/mol. The molecule has 0 unspecified atom stereocenters. The highest BCUT2D eigenvalue weighted by atomic mass is 16.1. The summed E-state index contributed by atoms with van der Waals surface area (Å²) in [6.45, 7) is 13.0. The second-order valence-electron chi connectivity index (χ2n) is 6.28. The Morgan fingerprint density at radius 1 is 1.29 bits per heavy atom. The SMILES string of the molecule is CCN(C=C1C(=O)[C@@]2(C)CC[C@H]1C2(C)C)CC. The Hall–Kier alpha value is -0.790. The van der Waals surface area contributed by atoms with Gasteiger partial charge in [0, 0.05) is 30.3 Å². The number of fused-ring (bicyclic) bond motifs is 2. The predicted octanol–water partition coefficient (Wildman–Crippen LogP) is 3.24. The largest absolute Gasteiger partial charge is 0.378 e. The van der Waals surface area contributed by atoms with Crippen molar-refractivity contribution in [2.45, 2.75) is 47.5 Å². The fraction of sp³-hybridized carbons (Fsp3) is 0.800. The maximum absolute atomic E-state index is 12.6. The Kier molecular flexibility index (Phi) is 2.87. The Bertz CT molecular complexity index is 365. The zero-order chi connectivity index (χ0) is 12.8. The van der Waals surface area contributed by atoms with Gasteiger partial charge in [-0.05, 0) is 38.0 Å². The molecule has 0 aromatic heterocycles. The topological polar surface area (TPSA) is 20.3 Å². The first-order valence-corrected chi connectivity index (χ1v) is 6.89. The fourth-order valence-electron chi connectivity index (χ4n) is 3.68. The van der Waals surface area contributed by atoms with Crippen molar-refractivity contribution in [3.8, 4) is 0 Å². The van der Waals surface area contributed by atoms with Crippen molar-refractivity contribution in [3.05, 3.63) is 11.8 Å². The van der Waals surface area contributed by atoms with E-state index in [2.05, 4.69) is 45.7 Å². The molecule has 2 aliphatic rings. The molecule has 17 heavy (non-hydrogen) atoms. The quantitative estimate of drug-likeness (QED) is 0.700. The van der Waals surface area contributed by atoms with Gasteiger partial charge >= 0.3 is 0 Å². The number of carbonyl (C=O) groups excluding carboxylic acids is 1. The second kappa shape index (κ2) is 3.86. The van der Waals surface area contributed by atoms with Crippen LogP contribution in [-0.2, 0) is 4.79 Å². The minimum Gasteiger partial charge on any atom is -0.378 e. The summed E-state index contributed by atoms with van der Waals surface area (Å²) in [5.41, 5.74) is 1.12. The van der Waals surface area contributed by atoms with Crippen molar-refractivity contribution in [2.24, 2.45) is 16.7 Å². The van der Waals surface area contributed by atoms with Crippen LogP contribution < -0.4 is 0 Å². The number of hydrogen-bond donors (Lipinski definition) is 0. The molecule has 2 atom stereocenters. The molecular weight excluding hydrogens is 210 g/mol. The third-order valence-corrected chi connectivity index (χ3v) is 5.50. The molecule has 2 bridgehead atoms. The van der Waals surface area contributed by atoms with Crippen LogP contribution in [0, 0.1) is 16.7 Å². The molecule has 0 heterocycles. The summed E-state index contributed by atoms with van der Waals surface area (Å²) in [5, 5.41) is 0. The molecule has 0 aliphatic heterocycles. The van der Waals surface area contributed by atoms with Crippen LogP contribution in [0.3, 0.4) is 0 Å². The summed E-state index contributed by atoms with van der Waals surface area (Å²) in [6, 6.07) is 0. The van der Waals surface area contributed by atoms with Crippen molar-refractivity contribution >= 4 is 5.78 Å². The van der Waals surface area contributed by atoms with Crippen molar-refractivity contribution in [1.29, 1.82) is 0 Å². The standard InChI is InChI=1S/C15H25NO/c1-6-16(7-2)10-11-12-8-9-15(5,13(11)17)14(12,3)4/h10,12H,6-9H2,1-5H3/t12-,15-/m1/s1. The van der Waals surface area contributed by atoms with E-state index in [0.717, 1.165) is 25.1 Å². The summed E-state index contributed by atoms with van der Waals surface area (Å²) in [7, 11) is 0. The molecule has 0 N–H and O–H groups in total. The first kappa shape index (κ1) is 12.7. The lowest BCUT2D eigenvalue weighted by atomic mass is 9.70. The van der Waals surface area contributed by atoms with E-state index < -0.39 is 0 Å². The van der Waals surface area contributed by atoms with Gasteiger partial charge in [-0.1, -0.05) is 20.8 Å². The molecule has 0 spiro atoms. The Morgan fingerprint density at radius 3 is 2.29 bits per heavy atom. The number of nitrogens with zero attached hydrogens (tertiary/aromatic N) is 1. The zero-order valence-corrected chi connectivity index (χ0v) is 11.8. The molecule has 2 nitrogen and oxygen atoms in total. The summed E-state index contributed by atoms with van der Waals surface area (Å²) in [4.78, 5) is 14.8. The third-order valence-electron chi connectivity index (χ3n) is 5.50. The maximum Gasteiger partial charge on any atom is 0.167 e. The van der Waals surface area contributed by atoms with Gasteiger partial charge in [-0.3, -0.25) is 4.79 Å². The van der Waals surface area contributed by atoms with Crippen LogP contribution in [0.4, 0.5) is 0 Å². The number of carbonyl (C=O) groups is 1. The molecule has 0 aromatic carbocycles. The molecule has 2 saturated carbocycles. The van der Waals surface area contributed by atoms with Gasteiger partial charge in [0.15, 0.2) is 5.78 Å². The fourth-order valence-corrected chi connectivity index (χ4v) is 3.68. The minimum absolute atomic E-state index is 0.114. The highest BCUT2D eigenvalue weighted by molar-refractivity contribution is 6.04. The van der Waals surface area contributed by atoms with Crippen molar-refractivity contribution in [1.82, 2.24) is 4.90 Å². The number of allylic oxidation sites excluding steroid dienone is 1. The molecule has 2 rings (SSSR count). The molecule has 2 aliphatic carbocycles. The second-order valence-corrected chi connectivity index (χ2v) is 6.28. The van der Waals surface area contributed by atoms with Crippen LogP contribution in [0.1, 0.15) is 47.5 Å². The van der Waals surface area contributed by atoms with Crippen LogP contribution in [-0.4, -0.2) is 23.8 Å². The zero-order valence-electron chi connectivity index (χ0n) is 11.8. The highest BCUT2D eigenvalue weighted by Gasteiger charge is 2.64. The number of hydrogen-bond acceptors (Lipinski definition) is 2. The number of ketones is 1. The molecule has 96 valence electrons. The Morgan fingerprint density at radius 2 is 1.88 bits per heavy atom. The first-order chi connectivity index (χ1) is 7.88. The Balaban J connectivity index is 2.38. The predicted molar refractivity (Wildman–Crippen MR) is 70.6 cm³/mol. The smallest absolute Gasteiger partial charge is 0.167 e. The van der Waals surface area contributed by atoms with E-state index in [4.69, 9.17) is 0 Å². The van der Waals surface area contributed by atoms with Crippen LogP contribution in [0.15, 0.2) is 11.8 Å². The van der Waals surface area contributed by atoms with E-state index in [1.165, 1.54) is 6.42 Å². The summed E-state index contributed by atoms with van der Waals surface area (Å²) in [6.07, 6.45) is 4.39. The van der Waals surface area contributed by atoms with Crippen LogP contribution in [0.2, 0.25) is 0 Å². The van der Waals surface area contributed by atoms with Crippen LogP contribution >= 0.6 is 0 Å². The Labute approximate surface area is 105 Å². The molecule has 2 heteroatoms. The summed E-state index contributed by atoms with van der Waals surface area (Å²) < 4.78 is 0. The van der Waals surface area contributed by atoms with Gasteiger partial charge in [-0.2, -0.15) is 0 Å². The number of rotatable bonds is 3. The van der Waals surface area contributed by atoms with E-state index >= 15 is 0 Å². The van der Waals surface area contributed by atoms with Crippen molar-refractivity contribution in [2.75, 3.05) is 13.1 Å².